The van der Waals surface area contributed by atoms with Crippen LogP contribution in [-0.2, 0) is 9.59 Å². The zero-order chi connectivity index (χ0) is 13.7. The van der Waals surface area contributed by atoms with E-state index in [1.165, 1.54) is 0 Å². The Kier molecular flexibility index (Phi) is 5.59. The van der Waals surface area contributed by atoms with E-state index in [1.807, 2.05) is 13.8 Å². The molecule has 18 heavy (non-hydrogen) atoms. The van der Waals surface area contributed by atoms with Gasteiger partial charge in [-0.25, -0.2) is 0 Å². The lowest BCUT2D eigenvalue weighted by atomic mass is 9.76. The van der Waals surface area contributed by atoms with Gasteiger partial charge in [-0.1, -0.05) is 13.3 Å². The molecule has 0 aliphatic heterocycles. The van der Waals surface area contributed by atoms with E-state index >= 15 is 0 Å². The third kappa shape index (κ3) is 4.29. The van der Waals surface area contributed by atoms with E-state index in [0.717, 1.165) is 19.3 Å². The maximum absolute atomic E-state index is 12.0. The molecular weight excluding hydrogens is 230 g/mol. The molecule has 1 aliphatic rings. The van der Waals surface area contributed by atoms with Crippen LogP contribution >= 0.6 is 0 Å². The highest BCUT2D eigenvalue weighted by molar-refractivity contribution is 5.86. The number of nitrogens with one attached hydrogen (secondary N) is 2. The number of hydrogen-bond donors (Lipinski definition) is 3. The summed E-state index contributed by atoms with van der Waals surface area (Å²) in [4.78, 5) is 23.5. The summed E-state index contributed by atoms with van der Waals surface area (Å²) < 4.78 is 0. The average Bonchev–Trinajstić information content (AvgIpc) is 2.25. The molecule has 1 aliphatic carbocycles. The first-order valence-electron chi connectivity index (χ1n) is 6.74. The van der Waals surface area contributed by atoms with Gasteiger partial charge in [-0.2, -0.15) is 0 Å². The van der Waals surface area contributed by atoms with E-state index in [9.17, 15) is 9.59 Å². The second-order valence-corrected chi connectivity index (χ2v) is 5.54. The molecule has 0 spiro atoms. The molecule has 5 heteroatoms. The van der Waals surface area contributed by atoms with Gasteiger partial charge in [0, 0.05) is 12.1 Å². The molecule has 0 aromatic rings. The van der Waals surface area contributed by atoms with Crippen molar-refractivity contribution in [2.24, 2.45) is 17.6 Å². The molecule has 1 rings (SSSR count). The predicted octanol–water partition coefficient (Wildman–Crippen LogP) is 0.391. The smallest absolute Gasteiger partial charge is 0.239 e. The second-order valence-electron chi connectivity index (χ2n) is 5.54. The van der Waals surface area contributed by atoms with Gasteiger partial charge in [-0.3, -0.25) is 9.59 Å². The van der Waals surface area contributed by atoms with Crippen LogP contribution in [-0.4, -0.2) is 30.4 Å². The van der Waals surface area contributed by atoms with Crippen LogP contribution in [0.1, 0.15) is 40.0 Å². The lowest BCUT2D eigenvalue weighted by Gasteiger charge is -2.33. The molecule has 2 amide bonds. The molecule has 0 aromatic heterocycles. The zero-order valence-electron chi connectivity index (χ0n) is 11.5. The lowest BCUT2D eigenvalue weighted by molar-refractivity contribution is -0.131. The summed E-state index contributed by atoms with van der Waals surface area (Å²) in [6, 6.07) is 0.00664. The van der Waals surface area contributed by atoms with Gasteiger partial charge in [0.15, 0.2) is 0 Å². The molecule has 0 aromatic carbocycles. The fourth-order valence-electron chi connectivity index (χ4n) is 2.57. The Balaban J connectivity index is 2.42. The average molecular weight is 255 g/mol. The number of rotatable bonds is 4. The Labute approximate surface area is 109 Å². The number of nitrogens with two attached hydrogens (primary N) is 1. The summed E-state index contributed by atoms with van der Waals surface area (Å²) >= 11 is 0. The van der Waals surface area contributed by atoms with Gasteiger partial charge in [0.05, 0.1) is 12.5 Å². The summed E-state index contributed by atoms with van der Waals surface area (Å²) in [7, 11) is 0. The molecule has 0 radical (unpaired) electrons. The van der Waals surface area contributed by atoms with Gasteiger partial charge < -0.3 is 16.4 Å². The van der Waals surface area contributed by atoms with Gasteiger partial charge in [0.1, 0.15) is 0 Å². The molecule has 4 N–H and O–H groups in total. The Morgan fingerprint density at radius 2 is 2.00 bits per heavy atom. The third-order valence-corrected chi connectivity index (χ3v) is 3.45. The highest BCUT2D eigenvalue weighted by atomic mass is 16.2. The Hall–Kier alpha value is -1.10. The van der Waals surface area contributed by atoms with E-state index < -0.39 is 0 Å². The number of amides is 2. The number of carbonyl (C=O) groups excluding carboxylic acids is 2. The van der Waals surface area contributed by atoms with Crippen molar-refractivity contribution in [3.63, 3.8) is 0 Å². The monoisotopic (exact) mass is 255 g/mol. The summed E-state index contributed by atoms with van der Waals surface area (Å²) in [6.07, 6.45) is 3.00. The molecule has 0 bridgehead atoms. The van der Waals surface area contributed by atoms with E-state index in [2.05, 4.69) is 17.6 Å². The molecule has 0 saturated heterocycles. The minimum Gasteiger partial charge on any atom is -0.352 e. The van der Waals surface area contributed by atoms with Crippen LogP contribution in [0.3, 0.4) is 0 Å². The van der Waals surface area contributed by atoms with Crippen LogP contribution in [0, 0.1) is 11.8 Å². The molecule has 1 fully saturated rings. The highest BCUT2D eigenvalue weighted by Gasteiger charge is 2.33. The molecule has 104 valence electrons. The summed E-state index contributed by atoms with van der Waals surface area (Å²) in [5.74, 6) is -0.114. The van der Waals surface area contributed by atoms with Gasteiger partial charge in [0.2, 0.25) is 11.8 Å². The topological polar surface area (TPSA) is 84.2 Å². The van der Waals surface area contributed by atoms with Gasteiger partial charge >= 0.3 is 0 Å². The normalized spacial score (nSPS) is 27.9. The van der Waals surface area contributed by atoms with Crippen molar-refractivity contribution in [3.8, 4) is 0 Å². The molecule has 0 heterocycles. The highest BCUT2D eigenvalue weighted by Crippen LogP contribution is 2.28. The van der Waals surface area contributed by atoms with Gasteiger partial charge in [-0.15, -0.1) is 0 Å². The van der Waals surface area contributed by atoms with Crippen LogP contribution in [0.15, 0.2) is 0 Å². The molecule has 3 atom stereocenters. The standard InChI is InChI=1S/C13H25N3O2/c1-8(2)16-11(17)7-15-13(18)12-9(3)5-4-6-10(12)14/h8-10,12H,4-7,14H2,1-3H3,(H,15,18)(H,16,17). The Morgan fingerprint density at radius 3 is 2.56 bits per heavy atom. The summed E-state index contributed by atoms with van der Waals surface area (Å²) in [5.41, 5.74) is 6.00. The van der Waals surface area contributed by atoms with Crippen molar-refractivity contribution < 1.29 is 9.59 Å². The van der Waals surface area contributed by atoms with Gasteiger partial charge in [-0.05, 0) is 32.6 Å². The first kappa shape index (κ1) is 15.0. The summed E-state index contributed by atoms with van der Waals surface area (Å²) in [5, 5.41) is 5.43. The number of carbonyl (C=O) groups is 2. The van der Waals surface area contributed by atoms with E-state index in [1.54, 1.807) is 0 Å². The fraction of sp³-hybridized carbons (Fsp3) is 0.846. The van der Waals surface area contributed by atoms with Crippen molar-refractivity contribution in [2.45, 2.75) is 52.1 Å². The van der Waals surface area contributed by atoms with E-state index in [0.29, 0.717) is 5.92 Å². The van der Waals surface area contributed by atoms with E-state index in [4.69, 9.17) is 5.73 Å². The molecule has 1 saturated carbocycles. The quantitative estimate of drug-likeness (QED) is 0.679. The van der Waals surface area contributed by atoms with Crippen molar-refractivity contribution in [3.05, 3.63) is 0 Å². The van der Waals surface area contributed by atoms with Crippen LogP contribution in [0.5, 0.6) is 0 Å². The Bertz CT molecular complexity index is 295. The van der Waals surface area contributed by atoms with Crippen LogP contribution < -0.4 is 16.4 Å². The first-order chi connectivity index (χ1) is 8.41. The van der Waals surface area contributed by atoms with Crippen LogP contribution in [0.2, 0.25) is 0 Å². The molecule has 5 nitrogen and oxygen atoms in total. The van der Waals surface area contributed by atoms with Gasteiger partial charge in [0.25, 0.3) is 0 Å². The summed E-state index contributed by atoms with van der Waals surface area (Å²) in [6.45, 7) is 5.86. The van der Waals surface area contributed by atoms with Crippen LogP contribution in [0.4, 0.5) is 0 Å². The third-order valence-electron chi connectivity index (χ3n) is 3.45. The van der Waals surface area contributed by atoms with Crippen molar-refractivity contribution >= 4 is 11.8 Å². The van der Waals surface area contributed by atoms with Crippen molar-refractivity contribution in [1.82, 2.24) is 10.6 Å². The predicted molar refractivity (Wildman–Crippen MR) is 70.8 cm³/mol. The van der Waals surface area contributed by atoms with Crippen LogP contribution in [0.25, 0.3) is 0 Å². The molecule has 3 unspecified atom stereocenters. The maximum atomic E-state index is 12.0. The minimum absolute atomic E-state index is 0.0347. The largest absolute Gasteiger partial charge is 0.352 e. The maximum Gasteiger partial charge on any atom is 0.239 e. The zero-order valence-corrected chi connectivity index (χ0v) is 11.5. The SMILES string of the molecule is CC(C)NC(=O)CNC(=O)C1C(C)CCCC1N. The van der Waals surface area contributed by atoms with Crippen molar-refractivity contribution in [1.29, 1.82) is 0 Å². The van der Waals surface area contributed by atoms with E-state index in [-0.39, 0.29) is 36.4 Å². The lowest BCUT2D eigenvalue weighted by Crippen LogP contribution is -2.49. The second kappa shape index (κ2) is 6.73. The molecular formula is C13H25N3O2. The number of hydrogen-bond acceptors (Lipinski definition) is 3. The minimum atomic E-state index is -0.161. The first-order valence-corrected chi connectivity index (χ1v) is 6.74. The van der Waals surface area contributed by atoms with Crippen molar-refractivity contribution in [2.75, 3.05) is 6.54 Å². The Morgan fingerprint density at radius 1 is 1.33 bits per heavy atom. The fourth-order valence-corrected chi connectivity index (χ4v) is 2.57.